The number of esters is 1. The first-order valence-corrected chi connectivity index (χ1v) is 8.62. The van der Waals surface area contributed by atoms with Crippen molar-refractivity contribution in [1.82, 2.24) is 4.98 Å². The van der Waals surface area contributed by atoms with Crippen LogP contribution in [0.15, 0.2) is 36.5 Å². The summed E-state index contributed by atoms with van der Waals surface area (Å²) >= 11 is 0. The highest BCUT2D eigenvalue weighted by Gasteiger charge is 2.32. The van der Waals surface area contributed by atoms with E-state index in [-0.39, 0.29) is 19.0 Å². The monoisotopic (exact) mass is 417 g/mol. The normalized spacial score (nSPS) is 12.3. The smallest absolute Gasteiger partial charge is 0.417 e. The Morgan fingerprint density at radius 1 is 1.14 bits per heavy atom. The fraction of sp³-hybridized carbons (Fsp3) is 0.368. The number of carbonyl (C=O) groups is 1. The van der Waals surface area contributed by atoms with Crippen LogP contribution in [0.4, 0.5) is 17.6 Å². The lowest BCUT2D eigenvalue weighted by atomic mass is 10.2. The molecular formula is C19H19F4NO5. The maximum Gasteiger partial charge on any atom is 0.417 e. The molecule has 0 saturated carbocycles. The van der Waals surface area contributed by atoms with E-state index in [2.05, 4.69) is 4.98 Å². The maximum absolute atomic E-state index is 13.8. The molecule has 6 nitrogen and oxygen atoms in total. The van der Waals surface area contributed by atoms with Gasteiger partial charge in [-0.05, 0) is 44.2 Å². The van der Waals surface area contributed by atoms with Crippen LogP contribution in [0, 0.1) is 5.82 Å². The molecule has 0 aliphatic heterocycles. The van der Waals surface area contributed by atoms with Crippen molar-refractivity contribution in [2.45, 2.75) is 26.1 Å². The molecule has 1 atom stereocenters. The van der Waals surface area contributed by atoms with E-state index >= 15 is 0 Å². The maximum atomic E-state index is 13.8. The lowest BCUT2D eigenvalue weighted by molar-refractivity contribution is -0.152. The Bertz CT molecular complexity index is 811. The minimum atomic E-state index is -4.70. The summed E-state index contributed by atoms with van der Waals surface area (Å²) < 4.78 is 72.0. The van der Waals surface area contributed by atoms with E-state index in [1.807, 2.05) is 6.92 Å². The van der Waals surface area contributed by atoms with E-state index < -0.39 is 35.5 Å². The van der Waals surface area contributed by atoms with Crippen molar-refractivity contribution in [3.8, 4) is 17.4 Å². The number of benzene rings is 1. The number of halogens is 4. The van der Waals surface area contributed by atoms with Crippen molar-refractivity contribution in [2.24, 2.45) is 0 Å². The molecule has 0 bridgehead atoms. The average molecular weight is 417 g/mol. The predicted molar refractivity (Wildman–Crippen MR) is 93.3 cm³/mol. The first-order chi connectivity index (χ1) is 13.7. The molecule has 2 aromatic rings. The molecule has 10 heteroatoms. The molecule has 1 aromatic carbocycles. The SMILES string of the molecule is CCOCCOC(=O)C(C)Oc1ccc(Oc2ncc(C(F)(F)F)cc2F)cc1. The van der Waals surface area contributed by atoms with Crippen LogP contribution in [-0.2, 0) is 20.4 Å². The molecule has 0 spiro atoms. The standard InChI is InChI=1S/C19H19F4NO5/c1-3-26-8-9-27-18(25)12(2)28-14-4-6-15(7-5-14)29-17-16(20)10-13(11-24-17)19(21,22)23/h4-7,10-12H,3,8-9H2,1-2H3. The number of rotatable bonds is 9. The number of pyridine rings is 1. The molecule has 1 aromatic heterocycles. The quantitative estimate of drug-likeness (QED) is 0.343. The second-order valence-electron chi connectivity index (χ2n) is 5.71. The summed E-state index contributed by atoms with van der Waals surface area (Å²) in [7, 11) is 0. The zero-order valence-corrected chi connectivity index (χ0v) is 15.7. The first-order valence-electron chi connectivity index (χ1n) is 8.62. The molecule has 1 unspecified atom stereocenters. The van der Waals surface area contributed by atoms with Gasteiger partial charge in [0.1, 0.15) is 18.1 Å². The van der Waals surface area contributed by atoms with E-state index in [0.29, 0.717) is 24.6 Å². The third-order valence-electron chi connectivity index (χ3n) is 3.49. The predicted octanol–water partition coefficient (Wildman–Crippen LogP) is 4.38. The number of carbonyl (C=O) groups excluding carboxylic acids is 1. The van der Waals surface area contributed by atoms with Crippen molar-refractivity contribution < 1.29 is 41.3 Å². The molecule has 1 heterocycles. The Kier molecular flexibility index (Phi) is 7.77. The highest BCUT2D eigenvalue weighted by Crippen LogP contribution is 2.32. The van der Waals surface area contributed by atoms with Gasteiger partial charge in [-0.3, -0.25) is 0 Å². The van der Waals surface area contributed by atoms with Crippen LogP contribution in [0.25, 0.3) is 0 Å². The lowest BCUT2D eigenvalue weighted by Crippen LogP contribution is -2.27. The van der Waals surface area contributed by atoms with Gasteiger partial charge in [0.15, 0.2) is 11.9 Å². The molecule has 2 rings (SSSR count). The summed E-state index contributed by atoms with van der Waals surface area (Å²) in [6.45, 7) is 4.25. The highest BCUT2D eigenvalue weighted by molar-refractivity contribution is 5.74. The van der Waals surface area contributed by atoms with E-state index in [1.165, 1.54) is 31.2 Å². The van der Waals surface area contributed by atoms with Crippen LogP contribution < -0.4 is 9.47 Å². The van der Waals surface area contributed by atoms with Gasteiger partial charge in [-0.15, -0.1) is 0 Å². The molecule has 0 aliphatic carbocycles. The van der Waals surface area contributed by atoms with Crippen molar-refractivity contribution in [3.05, 3.63) is 47.9 Å². The van der Waals surface area contributed by atoms with Crippen LogP contribution >= 0.6 is 0 Å². The molecule has 0 fully saturated rings. The number of nitrogens with zero attached hydrogens (tertiary/aromatic N) is 1. The minimum absolute atomic E-state index is 0.110. The summed E-state index contributed by atoms with van der Waals surface area (Å²) in [5, 5.41) is 0. The zero-order valence-electron chi connectivity index (χ0n) is 15.7. The summed E-state index contributed by atoms with van der Waals surface area (Å²) in [5.74, 6) is -1.98. The Balaban J connectivity index is 1.92. The molecule has 0 saturated heterocycles. The van der Waals surface area contributed by atoms with E-state index in [9.17, 15) is 22.4 Å². The van der Waals surface area contributed by atoms with Crippen LogP contribution in [0.1, 0.15) is 19.4 Å². The molecule has 0 N–H and O–H groups in total. The van der Waals surface area contributed by atoms with Gasteiger partial charge < -0.3 is 18.9 Å². The van der Waals surface area contributed by atoms with Crippen LogP contribution in [0.5, 0.6) is 17.4 Å². The lowest BCUT2D eigenvalue weighted by Gasteiger charge is -2.14. The third kappa shape index (κ3) is 6.90. The summed E-state index contributed by atoms with van der Waals surface area (Å²) in [4.78, 5) is 15.2. The fourth-order valence-electron chi connectivity index (χ4n) is 2.07. The van der Waals surface area contributed by atoms with Gasteiger partial charge in [-0.25, -0.2) is 14.2 Å². The van der Waals surface area contributed by atoms with Crippen molar-refractivity contribution in [1.29, 1.82) is 0 Å². The highest BCUT2D eigenvalue weighted by atomic mass is 19.4. The molecule has 0 radical (unpaired) electrons. The molecule has 158 valence electrons. The topological polar surface area (TPSA) is 66.9 Å². The first kappa shape index (κ1) is 22.4. The van der Waals surface area contributed by atoms with Crippen LogP contribution in [0.2, 0.25) is 0 Å². The largest absolute Gasteiger partial charge is 0.479 e. The third-order valence-corrected chi connectivity index (χ3v) is 3.49. The van der Waals surface area contributed by atoms with Crippen molar-refractivity contribution in [3.63, 3.8) is 0 Å². The van der Waals surface area contributed by atoms with Gasteiger partial charge in [-0.2, -0.15) is 13.2 Å². The van der Waals surface area contributed by atoms with Crippen LogP contribution in [0.3, 0.4) is 0 Å². The number of ether oxygens (including phenoxy) is 4. The van der Waals surface area contributed by atoms with E-state index in [4.69, 9.17) is 18.9 Å². The van der Waals surface area contributed by atoms with Crippen LogP contribution in [-0.4, -0.2) is 36.9 Å². The van der Waals surface area contributed by atoms with Gasteiger partial charge in [-0.1, -0.05) is 0 Å². The Hall–Kier alpha value is -2.88. The number of aromatic nitrogens is 1. The Morgan fingerprint density at radius 3 is 2.38 bits per heavy atom. The van der Waals surface area contributed by atoms with Gasteiger partial charge in [0.05, 0.1) is 12.2 Å². The Morgan fingerprint density at radius 2 is 1.79 bits per heavy atom. The average Bonchev–Trinajstić information content (AvgIpc) is 2.67. The van der Waals surface area contributed by atoms with E-state index in [0.717, 1.165) is 0 Å². The fourth-order valence-corrected chi connectivity index (χ4v) is 2.07. The minimum Gasteiger partial charge on any atom is -0.479 e. The van der Waals surface area contributed by atoms with Gasteiger partial charge >= 0.3 is 12.1 Å². The molecular weight excluding hydrogens is 398 g/mol. The van der Waals surface area contributed by atoms with Crippen molar-refractivity contribution in [2.75, 3.05) is 19.8 Å². The number of alkyl halides is 3. The summed E-state index contributed by atoms with van der Waals surface area (Å²) in [5.41, 5.74) is -1.21. The van der Waals surface area contributed by atoms with Gasteiger partial charge in [0.25, 0.3) is 5.88 Å². The second kappa shape index (κ2) is 10.1. The van der Waals surface area contributed by atoms with Gasteiger partial charge in [0.2, 0.25) is 0 Å². The zero-order chi connectivity index (χ0) is 21.4. The number of hydrogen-bond acceptors (Lipinski definition) is 6. The molecule has 29 heavy (non-hydrogen) atoms. The van der Waals surface area contributed by atoms with E-state index in [1.54, 1.807) is 0 Å². The summed E-state index contributed by atoms with van der Waals surface area (Å²) in [6, 6.07) is 5.98. The van der Waals surface area contributed by atoms with Crippen molar-refractivity contribution >= 4 is 5.97 Å². The Labute approximate surface area is 164 Å². The van der Waals surface area contributed by atoms with Gasteiger partial charge in [0, 0.05) is 12.8 Å². The number of hydrogen-bond donors (Lipinski definition) is 0. The molecule has 0 amide bonds. The molecule has 0 aliphatic rings. The second-order valence-corrected chi connectivity index (χ2v) is 5.71. The summed E-state index contributed by atoms with van der Waals surface area (Å²) in [6.07, 6.45) is -5.10.